The zero-order valence-electron chi connectivity index (χ0n) is 10.2. The van der Waals surface area contributed by atoms with E-state index in [0.29, 0.717) is 0 Å². The van der Waals surface area contributed by atoms with Gasteiger partial charge in [-0.1, -0.05) is 52.4 Å². The van der Waals surface area contributed by atoms with Gasteiger partial charge in [0.25, 0.3) is 0 Å². The number of unbranched alkanes of at least 4 members (excludes halogenated alkanes) is 6. The van der Waals surface area contributed by atoms with Gasteiger partial charge in [-0.3, -0.25) is 0 Å². The Morgan fingerprint density at radius 2 is 1.43 bits per heavy atom. The molecule has 0 saturated heterocycles. The lowest BCUT2D eigenvalue weighted by atomic mass is 10.1. The monoisotopic (exact) mass is 198 g/mol. The SMILES string of the molecule is [CH2]CCCN(C)CCCCCCCC. The second kappa shape index (κ2) is 11.0. The molecule has 0 aliphatic rings. The van der Waals surface area contributed by atoms with Gasteiger partial charge in [0.2, 0.25) is 0 Å². The van der Waals surface area contributed by atoms with Crippen LogP contribution in [-0.2, 0) is 0 Å². The Kier molecular flexibility index (Phi) is 11.0. The first kappa shape index (κ1) is 14.0. The summed E-state index contributed by atoms with van der Waals surface area (Å²) in [6, 6.07) is 0. The van der Waals surface area contributed by atoms with Crippen LogP contribution in [0.5, 0.6) is 0 Å². The highest BCUT2D eigenvalue weighted by Crippen LogP contribution is 2.05. The number of nitrogens with zero attached hydrogens (tertiary/aromatic N) is 1. The van der Waals surface area contributed by atoms with Gasteiger partial charge in [-0.2, -0.15) is 0 Å². The van der Waals surface area contributed by atoms with E-state index in [1.165, 1.54) is 58.0 Å². The normalized spacial score (nSPS) is 11.1. The van der Waals surface area contributed by atoms with Crippen LogP contribution in [-0.4, -0.2) is 25.0 Å². The van der Waals surface area contributed by atoms with Crippen molar-refractivity contribution in [2.24, 2.45) is 0 Å². The molecule has 0 aromatic carbocycles. The smallest absolute Gasteiger partial charge is 0.00218 e. The molecule has 0 aromatic rings. The van der Waals surface area contributed by atoms with Gasteiger partial charge < -0.3 is 4.90 Å². The fourth-order valence-corrected chi connectivity index (χ4v) is 1.66. The minimum Gasteiger partial charge on any atom is -0.306 e. The molecule has 0 atom stereocenters. The molecule has 0 unspecified atom stereocenters. The molecular formula is C13H28N. The molecule has 0 saturated carbocycles. The number of hydrogen-bond donors (Lipinski definition) is 0. The van der Waals surface area contributed by atoms with E-state index in [1.807, 2.05) is 0 Å². The van der Waals surface area contributed by atoms with Crippen molar-refractivity contribution in [3.63, 3.8) is 0 Å². The number of hydrogen-bond acceptors (Lipinski definition) is 1. The molecule has 0 bridgehead atoms. The van der Waals surface area contributed by atoms with Crippen molar-refractivity contribution in [1.29, 1.82) is 0 Å². The summed E-state index contributed by atoms with van der Waals surface area (Å²) in [5.74, 6) is 0. The number of rotatable bonds is 10. The molecule has 85 valence electrons. The standard InChI is InChI=1S/C13H28N/c1-4-6-8-9-10-11-13-14(3)12-7-5-2/h2,4-13H2,1,3H3. The summed E-state index contributed by atoms with van der Waals surface area (Å²) >= 11 is 0. The molecule has 14 heavy (non-hydrogen) atoms. The first-order chi connectivity index (χ1) is 6.81. The van der Waals surface area contributed by atoms with E-state index in [9.17, 15) is 0 Å². The van der Waals surface area contributed by atoms with Crippen LogP contribution in [0.1, 0.15) is 58.3 Å². The van der Waals surface area contributed by atoms with E-state index in [2.05, 4.69) is 25.8 Å². The lowest BCUT2D eigenvalue weighted by Gasteiger charge is -2.15. The first-order valence-electron chi connectivity index (χ1n) is 6.29. The summed E-state index contributed by atoms with van der Waals surface area (Å²) in [7, 11) is 2.22. The van der Waals surface area contributed by atoms with E-state index in [0.717, 1.165) is 6.42 Å². The highest BCUT2D eigenvalue weighted by molar-refractivity contribution is 4.53. The summed E-state index contributed by atoms with van der Waals surface area (Å²) in [6.07, 6.45) is 10.7. The van der Waals surface area contributed by atoms with Gasteiger partial charge in [0, 0.05) is 0 Å². The molecule has 0 aliphatic heterocycles. The van der Waals surface area contributed by atoms with Crippen LogP contribution in [0.3, 0.4) is 0 Å². The van der Waals surface area contributed by atoms with Crippen LogP contribution >= 0.6 is 0 Å². The fraction of sp³-hybridized carbons (Fsp3) is 0.923. The summed E-state index contributed by atoms with van der Waals surface area (Å²) < 4.78 is 0. The zero-order valence-corrected chi connectivity index (χ0v) is 10.2. The first-order valence-corrected chi connectivity index (χ1v) is 6.29. The van der Waals surface area contributed by atoms with Gasteiger partial charge in [-0.25, -0.2) is 0 Å². The van der Waals surface area contributed by atoms with Gasteiger partial charge >= 0.3 is 0 Å². The molecule has 1 nitrogen and oxygen atoms in total. The Morgan fingerprint density at radius 3 is 2.07 bits per heavy atom. The maximum atomic E-state index is 3.86. The van der Waals surface area contributed by atoms with Crippen molar-refractivity contribution in [3.05, 3.63) is 6.92 Å². The van der Waals surface area contributed by atoms with Gasteiger partial charge in [0.15, 0.2) is 0 Å². The predicted molar refractivity (Wildman–Crippen MR) is 65.5 cm³/mol. The quantitative estimate of drug-likeness (QED) is 0.481. The second-order valence-corrected chi connectivity index (χ2v) is 4.28. The molecule has 0 heterocycles. The van der Waals surface area contributed by atoms with E-state index in [4.69, 9.17) is 0 Å². The molecule has 0 aromatic heterocycles. The highest BCUT2D eigenvalue weighted by Gasteiger charge is 1.96. The van der Waals surface area contributed by atoms with Gasteiger partial charge in [0.05, 0.1) is 0 Å². The molecule has 0 spiro atoms. The van der Waals surface area contributed by atoms with Gasteiger partial charge in [-0.15, -0.1) is 0 Å². The Hall–Kier alpha value is -0.0400. The van der Waals surface area contributed by atoms with Crippen molar-refractivity contribution >= 4 is 0 Å². The Labute approximate surface area is 90.9 Å². The summed E-state index contributed by atoms with van der Waals surface area (Å²) in [4.78, 5) is 2.44. The summed E-state index contributed by atoms with van der Waals surface area (Å²) in [5.41, 5.74) is 0. The molecule has 0 amide bonds. The summed E-state index contributed by atoms with van der Waals surface area (Å²) in [6.45, 7) is 8.62. The lowest BCUT2D eigenvalue weighted by molar-refractivity contribution is 0.320. The molecule has 1 radical (unpaired) electrons. The third kappa shape index (κ3) is 10.0. The molecule has 0 fully saturated rings. The van der Waals surface area contributed by atoms with Crippen LogP contribution in [0.25, 0.3) is 0 Å². The van der Waals surface area contributed by atoms with E-state index in [-0.39, 0.29) is 0 Å². The average molecular weight is 198 g/mol. The van der Waals surface area contributed by atoms with Crippen LogP contribution in [0, 0.1) is 6.92 Å². The third-order valence-electron chi connectivity index (χ3n) is 2.68. The van der Waals surface area contributed by atoms with Gasteiger partial charge in [-0.05, 0) is 33.0 Å². The lowest BCUT2D eigenvalue weighted by Crippen LogP contribution is -2.20. The van der Waals surface area contributed by atoms with E-state index in [1.54, 1.807) is 0 Å². The minimum absolute atomic E-state index is 1.07. The van der Waals surface area contributed by atoms with E-state index >= 15 is 0 Å². The molecule has 1 heteroatoms. The highest BCUT2D eigenvalue weighted by atomic mass is 15.1. The van der Waals surface area contributed by atoms with Crippen LogP contribution in [0.15, 0.2) is 0 Å². The largest absolute Gasteiger partial charge is 0.306 e. The van der Waals surface area contributed by atoms with Crippen LogP contribution in [0.4, 0.5) is 0 Å². The second-order valence-electron chi connectivity index (χ2n) is 4.28. The Balaban J connectivity index is 3.02. The van der Waals surface area contributed by atoms with Crippen molar-refractivity contribution in [2.75, 3.05) is 20.1 Å². The van der Waals surface area contributed by atoms with Crippen LogP contribution < -0.4 is 0 Å². The average Bonchev–Trinajstić information content (AvgIpc) is 2.20. The molecule has 0 N–H and O–H groups in total. The molecule has 0 rings (SSSR count). The van der Waals surface area contributed by atoms with Crippen LogP contribution in [0.2, 0.25) is 0 Å². The zero-order chi connectivity index (χ0) is 10.6. The van der Waals surface area contributed by atoms with Crippen molar-refractivity contribution in [2.45, 2.75) is 58.3 Å². The van der Waals surface area contributed by atoms with Crippen molar-refractivity contribution in [3.8, 4) is 0 Å². The topological polar surface area (TPSA) is 3.24 Å². The predicted octanol–water partition coefficient (Wildman–Crippen LogP) is 3.89. The Morgan fingerprint density at radius 1 is 0.857 bits per heavy atom. The molecular weight excluding hydrogens is 170 g/mol. The van der Waals surface area contributed by atoms with E-state index < -0.39 is 0 Å². The fourth-order valence-electron chi connectivity index (χ4n) is 1.66. The summed E-state index contributed by atoms with van der Waals surface area (Å²) in [5, 5.41) is 0. The third-order valence-corrected chi connectivity index (χ3v) is 2.68. The Bertz CT molecular complexity index is 101. The maximum absolute atomic E-state index is 3.86. The minimum atomic E-state index is 1.07. The van der Waals surface area contributed by atoms with Gasteiger partial charge in [0.1, 0.15) is 0 Å². The maximum Gasteiger partial charge on any atom is -0.00218 e. The van der Waals surface area contributed by atoms with Crippen molar-refractivity contribution in [1.82, 2.24) is 4.90 Å². The molecule has 0 aliphatic carbocycles. The van der Waals surface area contributed by atoms with Crippen molar-refractivity contribution < 1.29 is 0 Å².